The second kappa shape index (κ2) is 5.04. The van der Waals surface area contributed by atoms with Crippen LogP contribution in [0.5, 0.6) is 0 Å². The molecular weight excluding hydrogens is 296 g/mol. The Morgan fingerprint density at radius 1 is 1.35 bits per heavy atom. The van der Waals surface area contributed by atoms with Crippen LogP contribution in [0, 0.1) is 33.3 Å². The molecule has 0 aromatic carbocycles. The van der Waals surface area contributed by atoms with Gasteiger partial charge in [0.2, 0.25) is 5.69 Å². The third kappa shape index (κ3) is 2.52. The van der Waals surface area contributed by atoms with Crippen molar-refractivity contribution in [3.05, 3.63) is 22.0 Å². The molecule has 0 atom stereocenters. The van der Waals surface area contributed by atoms with Crippen LogP contribution in [0.2, 0.25) is 0 Å². The maximum Gasteiger partial charge on any atom is 0.320 e. The Balaban J connectivity index is 1.47. The fraction of sp³-hybridized carbons (Fsp3) is 0.750. The summed E-state index contributed by atoms with van der Waals surface area (Å²) in [5.74, 6) is 2.04. The molecule has 0 aliphatic heterocycles. The number of hydrogen-bond acceptors (Lipinski definition) is 4. The van der Waals surface area contributed by atoms with Crippen molar-refractivity contribution in [3.8, 4) is 0 Å². The van der Waals surface area contributed by atoms with Gasteiger partial charge in [0.25, 0.3) is 5.91 Å². The van der Waals surface area contributed by atoms with E-state index in [0.717, 1.165) is 17.8 Å². The fourth-order valence-corrected chi connectivity index (χ4v) is 5.63. The van der Waals surface area contributed by atoms with E-state index in [2.05, 4.69) is 10.4 Å². The van der Waals surface area contributed by atoms with Gasteiger partial charge in [0.05, 0.1) is 4.92 Å². The number of nitro groups is 1. The predicted molar refractivity (Wildman–Crippen MR) is 82.8 cm³/mol. The van der Waals surface area contributed by atoms with Crippen LogP contribution in [0.4, 0.5) is 5.69 Å². The van der Waals surface area contributed by atoms with E-state index < -0.39 is 10.8 Å². The van der Waals surface area contributed by atoms with E-state index in [9.17, 15) is 14.9 Å². The number of aromatic nitrogens is 2. The molecule has 4 bridgehead atoms. The lowest BCUT2D eigenvalue weighted by Crippen LogP contribution is -2.51. The number of amides is 1. The average molecular weight is 318 g/mol. The molecule has 0 saturated heterocycles. The highest BCUT2D eigenvalue weighted by Gasteiger charge is 2.50. The van der Waals surface area contributed by atoms with Crippen molar-refractivity contribution < 1.29 is 9.72 Å². The van der Waals surface area contributed by atoms with E-state index >= 15 is 0 Å². The van der Waals surface area contributed by atoms with Gasteiger partial charge in [0.15, 0.2) is 0 Å². The molecule has 7 heteroatoms. The van der Waals surface area contributed by atoms with E-state index in [1.165, 1.54) is 49.4 Å². The third-order valence-electron chi connectivity index (χ3n) is 6.01. The summed E-state index contributed by atoms with van der Waals surface area (Å²) >= 11 is 0. The zero-order valence-electron chi connectivity index (χ0n) is 13.3. The summed E-state index contributed by atoms with van der Waals surface area (Å²) in [5.41, 5.74) is -0.0914. The van der Waals surface area contributed by atoms with Crippen LogP contribution in [0.1, 0.15) is 49.0 Å². The number of carbonyl (C=O) groups is 1. The molecule has 4 saturated carbocycles. The first-order chi connectivity index (χ1) is 10.9. The minimum atomic E-state index is -0.549. The lowest BCUT2D eigenvalue weighted by atomic mass is 9.49. The average Bonchev–Trinajstić information content (AvgIpc) is 2.86. The summed E-state index contributed by atoms with van der Waals surface area (Å²) in [6, 6.07) is 0. The zero-order valence-corrected chi connectivity index (χ0v) is 13.3. The van der Waals surface area contributed by atoms with Crippen LogP contribution in [-0.4, -0.2) is 27.2 Å². The molecule has 7 nitrogen and oxygen atoms in total. The molecule has 1 N–H and O–H groups in total. The maximum atomic E-state index is 12.4. The van der Waals surface area contributed by atoms with E-state index in [1.54, 1.807) is 7.05 Å². The summed E-state index contributed by atoms with van der Waals surface area (Å²) in [4.78, 5) is 22.9. The number of aryl methyl sites for hydroxylation is 1. The Morgan fingerprint density at radius 3 is 2.43 bits per heavy atom. The van der Waals surface area contributed by atoms with Gasteiger partial charge in [-0.05, 0) is 61.7 Å². The molecule has 1 amide bonds. The number of hydrogen-bond donors (Lipinski definition) is 1. The Kier molecular flexibility index (Phi) is 3.21. The Labute approximate surface area is 134 Å². The quantitative estimate of drug-likeness (QED) is 0.681. The standard InChI is InChI=1S/C16H22N4O3/c1-19-8-13(20(22)23)14(18-19)15(21)17-9-16-5-10-2-11(6-16)4-12(3-10)7-16/h8,10-12H,2-7,9H2,1H3,(H,17,21). The molecule has 5 rings (SSSR count). The van der Waals surface area contributed by atoms with Crippen molar-refractivity contribution in [2.45, 2.75) is 38.5 Å². The van der Waals surface area contributed by atoms with Crippen molar-refractivity contribution in [1.82, 2.24) is 15.1 Å². The first kappa shape index (κ1) is 14.7. The molecule has 0 spiro atoms. The van der Waals surface area contributed by atoms with Crippen LogP contribution in [-0.2, 0) is 7.05 Å². The molecule has 1 heterocycles. The second-order valence-corrected chi connectivity index (χ2v) is 7.89. The topological polar surface area (TPSA) is 90.1 Å². The lowest BCUT2D eigenvalue weighted by molar-refractivity contribution is -0.385. The van der Waals surface area contributed by atoms with Gasteiger partial charge >= 0.3 is 5.69 Å². The third-order valence-corrected chi connectivity index (χ3v) is 6.01. The van der Waals surface area contributed by atoms with Crippen molar-refractivity contribution >= 4 is 11.6 Å². The number of carbonyl (C=O) groups excluding carboxylic acids is 1. The van der Waals surface area contributed by atoms with Crippen molar-refractivity contribution in [1.29, 1.82) is 0 Å². The molecular formula is C16H22N4O3. The fourth-order valence-electron chi connectivity index (χ4n) is 5.63. The number of nitrogens with zero attached hydrogens (tertiary/aromatic N) is 3. The van der Waals surface area contributed by atoms with Gasteiger partial charge in [-0.15, -0.1) is 0 Å². The first-order valence-corrected chi connectivity index (χ1v) is 8.40. The van der Waals surface area contributed by atoms with Crippen molar-refractivity contribution in [3.63, 3.8) is 0 Å². The van der Waals surface area contributed by atoms with Crippen LogP contribution in [0.15, 0.2) is 6.20 Å². The van der Waals surface area contributed by atoms with Gasteiger partial charge in [-0.1, -0.05) is 0 Å². The normalized spacial score (nSPS) is 34.6. The Hall–Kier alpha value is -1.92. The van der Waals surface area contributed by atoms with E-state index in [-0.39, 0.29) is 16.8 Å². The molecule has 23 heavy (non-hydrogen) atoms. The molecule has 0 unspecified atom stereocenters. The predicted octanol–water partition coefficient (Wildman–Crippen LogP) is 2.27. The van der Waals surface area contributed by atoms with Gasteiger partial charge < -0.3 is 5.32 Å². The van der Waals surface area contributed by atoms with Gasteiger partial charge in [-0.2, -0.15) is 5.10 Å². The minimum Gasteiger partial charge on any atom is -0.350 e. The van der Waals surface area contributed by atoms with Crippen LogP contribution >= 0.6 is 0 Å². The van der Waals surface area contributed by atoms with Gasteiger partial charge in [0, 0.05) is 13.6 Å². The highest BCUT2D eigenvalue weighted by atomic mass is 16.6. The zero-order chi connectivity index (χ0) is 16.2. The second-order valence-electron chi connectivity index (χ2n) is 7.89. The number of nitrogens with one attached hydrogen (secondary N) is 1. The van der Waals surface area contributed by atoms with Crippen molar-refractivity contribution in [2.75, 3.05) is 6.54 Å². The molecule has 4 fully saturated rings. The van der Waals surface area contributed by atoms with Gasteiger partial charge in [-0.25, -0.2) is 0 Å². The SMILES string of the molecule is Cn1cc([N+](=O)[O-])c(C(=O)NCC23CC4CC(CC(C4)C2)C3)n1. The summed E-state index contributed by atoms with van der Waals surface area (Å²) in [7, 11) is 1.59. The first-order valence-electron chi connectivity index (χ1n) is 8.40. The summed E-state index contributed by atoms with van der Waals surface area (Å²) in [6.45, 7) is 0.628. The summed E-state index contributed by atoms with van der Waals surface area (Å²) in [5, 5.41) is 17.9. The summed E-state index contributed by atoms with van der Waals surface area (Å²) < 4.78 is 1.32. The van der Waals surface area contributed by atoms with E-state index in [1.807, 2.05) is 0 Å². The Morgan fingerprint density at radius 2 is 1.91 bits per heavy atom. The number of rotatable bonds is 4. The van der Waals surface area contributed by atoms with Crippen LogP contribution < -0.4 is 5.32 Å². The monoisotopic (exact) mass is 318 g/mol. The highest BCUT2D eigenvalue weighted by Crippen LogP contribution is 2.59. The van der Waals surface area contributed by atoms with E-state index in [4.69, 9.17) is 0 Å². The largest absolute Gasteiger partial charge is 0.350 e. The maximum absolute atomic E-state index is 12.4. The minimum absolute atomic E-state index is 0.0813. The molecule has 1 aromatic rings. The highest BCUT2D eigenvalue weighted by molar-refractivity contribution is 5.96. The Bertz CT molecular complexity index is 631. The smallest absolute Gasteiger partial charge is 0.320 e. The van der Waals surface area contributed by atoms with Crippen LogP contribution in [0.25, 0.3) is 0 Å². The molecule has 1 aromatic heterocycles. The van der Waals surface area contributed by atoms with E-state index in [0.29, 0.717) is 6.54 Å². The van der Waals surface area contributed by atoms with Gasteiger partial charge in [0.1, 0.15) is 6.20 Å². The van der Waals surface area contributed by atoms with Gasteiger partial charge in [-0.3, -0.25) is 19.6 Å². The summed E-state index contributed by atoms with van der Waals surface area (Å²) in [6.07, 6.45) is 8.95. The lowest BCUT2D eigenvalue weighted by Gasteiger charge is -2.56. The van der Waals surface area contributed by atoms with Crippen LogP contribution in [0.3, 0.4) is 0 Å². The molecule has 4 aliphatic carbocycles. The van der Waals surface area contributed by atoms with Crippen molar-refractivity contribution in [2.24, 2.45) is 30.2 Å². The molecule has 4 aliphatic rings. The molecule has 124 valence electrons. The molecule has 0 radical (unpaired) electrons.